The van der Waals surface area contributed by atoms with Crippen LogP contribution < -0.4 is 16.6 Å². The van der Waals surface area contributed by atoms with Gasteiger partial charge in [0.05, 0.1) is 16.6 Å². The number of fused-ring (bicyclic) bond motifs is 2. The summed E-state index contributed by atoms with van der Waals surface area (Å²) in [4.78, 5) is 69.1. The highest BCUT2D eigenvalue weighted by Crippen LogP contribution is 2.31. The smallest absolute Gasteiger partial charge is 0.410 e. The predicted molar refractivity (Wildman–Crippen MR) is 180 cm³/mol. The second kappa shape index (κ2) is 12.9. The molecule has 3 amide bonds. The predicted octanol–water partition coefficient (Wildman–Crippen LogP) is 6.06. The van der Waals surface area contributed by atoms with Crippen LogP contribution in [0, 0.1) is 17.7 Å². The summed E-state index contributed by atoms with van der Waals surface area (Å²) < 4.78 is 23.6. The Balaban J connectivity index is 1.13. The third-order valence-corrected chi connectivity index (χ3v) is 9.34. The Hall–Kier alpha value is -4.48. The summed E-state index contributed by atoms with van der Waals surface area (Å²) in [5.74, 6) is -0.584. The standard InChI is InChI=1S/C36H44FN5O6/c1-21(2)42-30-16-28(37)29(15-27(30)32(44)41(34(42)46)18-22-8-9-22)38-33(45)39-12-6-7-23(17-39)13-31(43)24-10-11-25-19-40(20-26(25)14-24)35(47)48-36(3,4)5/h10-11,14-16,21-23H,6-9,12-13,17-20H2,1-5H3,(H,38,45). The second-order valence-corrected chi connectivity index (χ2v) is 14.8. The molecule has 0 spiro atoms. The molecule has 256 valence electrons. The largest absolute Gasteiger partial charge is 0.444 e. The molecule has 1 atom stereocenters. The van der Waals surface area contributed by atoms with Crippen molar-refractivity contribution in [1.29, 1.82) is 0 Å². The van der Waals surface area contributed by atoms with Crippen molar-refractivity contribution in [2.24, 2.45) is 11.8 Å². The van der Waals surface area contributed by atoms with E-state index in [0.717, 1.165) is 36.5 Å². The van der Waals surface area contributed by atoms with Crippen LogP contribution in [0.25, 0.3) is 10.9 Å². The SMILES string of the molecule is CC(C)n1c(=O)n(CC2CC2)c(=O)c2cc(NC(=O)N3CCCC(CC(=O)c4ccc5c(c4)CN(C(=O)OC(C)(C)C)C5)C3)c(F)cc21. The van der Waals surface area contributed by atoms with Crippen LogP contribution >= 0.6 is 0 Å². The molecule has 11 nitrogen and oxygen atoms in total. The molecule has 2 aromatic carbocycles. The number of urea groups is 1. The van der Waals surface area contributed by atoms with Crippen LogP contribution in [0.15, 0.2) is 39.9 Å². The summed E-state index contributed by atoms with van der Waals surface area (Å²) in [5.41, 5.74) is 0.978. The van der Waals surface area contributed by atoms with E-state index in [2.05, 4.69) is 5.32 Å². The quantitative estimate of drug-likeness (QED) is 0.307. The number of hydrogen-bond acceptors (Lipinski definition) is 6. The fraction of sp³-hybridized carbons (Fsp3) is 0.528. The first kappa shape index (κ1) is 33.4. The molecule has 1 N–H and O–H groups in total. The number of hydrogen-bond donors (Lipinski definition) is 1. The molecule has 1 aliphatic carbocycles. The van der Waals surface area contributed by atoms with E-state index in [0.29, 0.717) is 44.7 Å². The zero-order valence-corrected chi connectivity index (χ0v) is 28.3. The van der Waals surface area contributed by atoms with Gasteiger partial charge in [-0.15, -0.1) is 0 Å². The minimum Gasteiger partial charge on any atom is -0.444 e. The number of benzene rings is 2. The van der Waals surface area contributed by atoms with E-state index in [4.69, 9.17) is 4.74 Å². The number of piperidine rings is 1. The van der Waals surface area contributed by atoms with Gasteiger partial charge in [0.25, 0.3) is 5.56 Å². The van der Waals surface area contributed by atoms with E-state index in [1.54, 1.807) is 15.9 Å². The topological polar surface area (TPSA) is 123 Å². The van der Waals surface area contributed by atoms with Crippen molar-refractivity contribution >= 4 is 34.5 Å². The van der Waals surface area contributed by atoms with Gasteiger partial charge in [-0.1, -0.05) is 12.1 Å². The highest BCUT2D eigenvalue weighted by Gasteiger charge is 2.31. The number of amides is 3. The number of ketones is 1. The van der Waals surface area contributed by atoms with Gasteiger partial charge in [0.15, 0.2) is 5.78 Å². The van der Waals surface area contributed by atoms with Gasteiger partial charge in [0.2, 0.25) is 0 Å². The fourth-order valence-corrected chi connectivity index (χ4v) is 6.73. The first-order chi connectivity index (χ1) is 22.7. The minimum atomic E-state index is -0.741. The molecule has 3 aromatic rings. The lowest BCUT2D eigenvalue weighted by Gasteiger charge is -2.32. The Kier molecular flexibility index (Phi) is 8.95. The molecule has 3 aliphatic rings. The number of likely N-dealkylation sites (tertiary alicyclic amines) is 1. The maximum atomic E-state index is 15.4. The molecule has 3 heterocycles. The molecule has 2 fully saturated rings. The number of anilines is 1. The van der Waals surface area contributed by atoms with Crippen molar-refractivity contribution in [2.75, 3.05) is 18.4 Å². The number of rotatable bonds is 7. The van der Waals surface area contributed by atoms with Crippen LogP contribution in [0.1, 0.15) is 94.2 Å². The number of ether oxygens (including phenoxy) is 1. The Bertz CT molecular complexity index is 1900. The first-order valence-corrected chi connectivity index (χ1v) is 16.9. The fourth-order valence-electron chi connectivity index (χ4n) is 6.73. The highest BCUT2D eigenvalue weighted by atomic mass is 19.1. The molecule has 12 heteroatoms. The Morgan fingerprint density at radius 1 is 0.979 bits per heavy atom. The first-order valence-electron chi connectivity index (χ1n) is 16.9. The number of nitrogens with zero attached hydrogens (tertiary/aromatic N) is 4. The average molecular weight is 662 g/mol. The van der Waals surface area contributed by atoms with Gasteiger partial charge >= 0.3 is 17.8 Å². The van der Waals surface area contributed by atoms with E-state index in [9.17, 15) is 24.0 Å². The third kappa shape index (κ3) is 7.02. The summed E-state index contributed by atoms with van der Waals surface area (Å²) in [6, 6.07) is 7.17. The monoisotopic (exact) mass is 661 g/mol. The molecular formula is C36H44FN5O6. The van der Waals surface area contributed by atoms with Crippen LogP contribution in [0.4, 0.5) is 19.7 Å². The van der Waals surface area contributed by atoms with E-state index in [-0.39, 0.29) is 46.7 Å². The second-order valence-electron chi connectivity index (χ2n) is 14.8. The molecule has 48 heavy (non-hydrogen) atoms. The molecule has 1 saturated carbocycles. The van der Waals surface area contributed by atoms with Crippen molar-refractivity contribution in [3.63, 3.8) is 0 Å². The van der Waals surface area contributed by atoms with Gasteiger partial charge in [-0.2, -0.15) is 0 Å². The lowest BCUT2D eigenvalue weighted by molar-refractivity contribution is 0.0241. The van der Waals surface area contributed by atoms with Crippen molar-refractivity contribution in [3.05, 3.63) is 73.7 Å². The maximum Gasteiger partial charge on any atom is 0.410 e. The Morgan fingerprint density at radius 2 is 1.71 bits per heavy atom. The van der Waals surface area contributed by atoms with Crippen LogP contribution in [0.3, 0.4) is 0 Å². The van der Waals surface area contributed by atoms with Crippen molar-refractivity contribution in [1.82, 2.24) is 18.9 Å². The van der Waals surface area contributed by atoms with Gasteiger partial charge in [-0.3, -0.25) is 23.6 Å². The summed E-state index contributed by atoms with van der Waals surface area (Å²) in [6.45, 7) is 11.0. The summed E-state index contributed by atoms with van der Waals surface area (Å²) in [7, 11) is 0. The minimum absolute atomic E-state index is 0.0416. The van der Waals surface area contributed by atoms with E-state index in [1.165, 1.54) is 15.2 Å². The lowest BCUT2D eigenvalue weighted by Crippen LogP contribution is -2.43. The van der Waals surface area contributed by atoms with Gasteiger partial charge in [0.1, 0.15) is 11.4 Å². The van der Waals surface area contributed by atoms with Gasteiger partial charge in [-0.05, 0) is 95.4 Å². The lowest BCUT2D eigenvalue weighted by atomic mass is 9.90. The van der Waals surface area contributed by atoms with Gasteiger partial charge in [0, 0.05) is 56.8 Å². The maximum absolute atomic E-state index is 15.4. The summed E-state index contributed by atoms with van der Waals surface area (Å²) in [5, 5.41) is 2.82. The van der Waals surface area contributed by atoms with Crippen molar-refractivity contribution < 1.29 is 23.5 Å². The third-order valence-electron chi connectivity index (χ3n) is 9.34. The molecule has 1 aromatic heterocycles. The Morgan fingerprint density at radius 3 is 2.40 bits per heavy atom. The normalized spacial score (nSPS) is 17.9. The number of halogens is 1. The van der Waals surface area contributed by atoms with E-state index in [1.807, 2.05) is 46.8 Å². The zero-order valence-electron chi connectivity index (χ0n) is 28.3. The Labute approximate surface area is 278 Å². The molecule has 0 bridgehead atoms. The van der Waals surface area contributed by atoms with Crippen molar-refractivity contribution in [2.45, 2.75) is 98.0 Å². The molecular weight excluding hydrogens is 617 g/mol. The van der Waals surface area contributed by atoms with Crippen LogP contribution in [0.2, 0.25) is 0 Å². The van der Waals surface area contributed by atoms with Crippen LogP contribution in [-0.4, -0.2) is 55.5 Å². The number of carbonyl (C=O) groups is 3. The summed E-state index contributed by atoms with van der Waals surface area (Å²) in [6.07, 6.45) is 3.23. The van der Waals surface area contributed by atoms with Crippen LogP contribution in [-0.2, 0) is 24.4 Å². The van der Waals surface area contributed by atoms with Gasteiger partial charge in [-0.25, -0.2) is 18.8 Å². The summed E-state index contributed by atoms with van der Waals surface area (Å²) >= 11 is 0. The van der Waals surface area contributed by atoms with Crippen molar-refractivity contribution in [3.8, 4) is 0 Å². The molecule has 1 saturated heterocycles. The number of nitrogens with one attached hydrogen (secondary N) is 1. The van der Waals surface area contributed by atoms with E-state index >= 15 is 4.39 Å². The number of carbonyl (C=O) groups excluding carboxylic acids is 3. The highest BCUT2D eigenvalue weighted by molar-refractivity contribution is 5.97. The average Bonchev–Trinajstić information content (AvgIpc) is 3.73. The number of aromatic nitrogens is 2. The van der Waals surface area contributed by atoms with E-state index < -0.39 is 34.8 Å². The van der Waals surface area contributed by atoms with Gasteiger partial charge < -0.3 is 15.0 Å². The molecule has 6 rings (SSSR count). The molecule has 0 radical (unpaired) electrons. The molecule has 1 unspecified atom stereocenters. The number of Topliss-reactive ketones (excluding diaryl/α,β-unsaturated/α-hetero) is 1. The zero-order chi connectivity index (χ0) is 34.5. The molecule has 2 aliphatic heterocycles. The van der Waals surface area contributed by atoms with Crippen LogP contribution in [0.5, 0.6) is 0 Å².